The van der Waals surface area contributed by atoms with Crippen LogP contribution in [0.4, 0.5) is 19.2 Å². The van der Waals surface area contributed by atoms with Crippen LogP contribution in [0.25, 0.3) is 21.7 Å². The molecule has 1 aliphatic heterocycles. The molecule has 2 aromatic heterocycles. The number of hydroxylamine groups is 2. The van der Waals surface area contributed by atoms with Crippen LogP contribution in [0.5, 0.6) is 0 Å². The first-order valence-corrected chi connectivity index (χ1v) is 9.96. The minimum Gasteiger partial charge on any atom is -0.423 e. The monoisotopic (exact) mass is 428 g/mol. The van der Waals surface area contributed by atoms with Crippen LogP contribution >= 0.6 is 11.3 Å². The standard InChI is InChI=1S/C18H19F3N4O3S/c1-2-10-9-24(6-7-25(10)27)17-23-13-11(15(26)18(19,20)21)3-4-12(14(13)28-17)16-22-5-8-29-16/h3-5,8,10,15,26-27H,2,6-7,9H2,1H3. The summed E-state index contributed by atoms with van der Waals surface area (Å²) in [4.78, 5) is 10.3. The molecule has 11 heteroatoms. The number of rotatable bonds is 4. The topological polar surface area (TPSA) is 85.9 Å². The molecule has 1 aliphatic rings. The predicted octanol–water partition coefficient (Wildman–Crippen LogP) is 3.84. The predicted molar refractivity (Wildman–Crippen MR) is 101 cm³/mol. The third kappa shape index (κ3) is 3.70. The lowest BCUT2D eigenvalue weighted by atomic mass is 10.0. The molecule has 156 valence electrons. The lowest BCUT2D eigenvalue weighted by Gasteiger charge is -2.36. The molecule has 0 bridgehead atoms. The number of hydrogen-bond acceptors (Lipinski definition) is 8. The van der Waals surface area contributed by atoms with Crippen LogP contribution in [0.2, 0.25) is 0 Å². The summed E-state index contributed by atoms with van der Waals surface area (Å²) in [6, 6.07) is 2.69. The van der Waals surface area contributed by atoms with Crippen LogP contribution in [0, 0.1) is 0 Å². The third-order valence-corrected chi connectivity index (χ3v) is 5.83. The average Bonchev–Trinajstić information content (AvgIpc) is 3.36. The molecule has 1 aromatic carbocycles. The van der Waals surface area contributed by atoms with Crippen molar-refractivity contribution in [2.45, 2.75) is 31.7 Å². The first-order valence-electron chi connectivity index (χ1n) is 9.08. The Balaban J connectivity index is 1.83. The van der Waals surface area contributed by atoms with Gasteiger partial charge in [0, 0.05) is 36.8 Å². The number of benzene rings is 1. The van der Waals surface area contributed by atoms with E-state index >= 15 is 0 Å². The second-order valence-electron chi connectivity index (χ2n) is 6.83. The maximum absolute atomic E-state index is 13.2. The van der Waals surface area contributed by atoms with Crippen molar-refractivity contribution in [1.82, 2.24) is 15.0 Å². The first-order chi connectivity index (χ1) is 13.8. The molecule has 29 heavy (non-hydrogen) atoms. The largest absolute Gasteiger partial charge is 0.423 e. The zero-order valence-corrected chi connectivity index (χ0v) is 16.2. The van der Waals surface area contributed by atoms with Gasteiger partial charge in [0.1, 0.15) is 10.5 Å². The second-order valence-corrected chi connectivity index (χ2v) is 7.72. The molecule has 0 spiro atoms. The minimum atomic E-state index is -4.83. The van der Waals surface area contributed by atoms with E-state index in [0.717, 1.165) is 0 Å². The Morgan fingerprint density at radius 3 is 2.79 bits per heavy atom. The Morgan fingerprint density at radius 2 is 2.14 bits per heavy atom. The number of halogens is 3. The van der Waals surface area contributed by atoms with Crippen molar-refractivity contribution < 1.29 is 27.9 Å². The van der Waals surface area contributed by atoms with E-state index in [-0.39, 0.29) is 28.7 Å². The third-order valence-electron chi connectivity index (χ3n) is 5.02. The number of nitrogens with zero attached hydrogens (tertiary/aromatic N) is 4. The molecule has 0 radical (unpaired) electrons. The van der Waals surface area contributed by atoms with Crippen molar-refractivity contribution >= 4 is 28.5 Å². The average molecular weight is 428 g/mol. The number of aliphatic hydroxyl groups is 1. The molecule has 1 fully saturated rings. The highest BCUT2D eigenvalue weighted by atomic mass is 32.1. The summed E-state index contributed by atoms with van der Waals surface area (Å²) >= 11 is 1.32. The number of aromatic nitrogens is 2. The van der Waals surface area contributed by atoms with Crippen molar-refractivity contribution in [3.63, 3.8) is 0 Å². The van der Waals surface area contributed by atoms with Crippen molar-refractivity contribution in [3.05, 3.63) is 29.3 Å². The molecule has 1 saturated heterocycles. The SMILES string of the molecule is CCC1CN(c2nc3c(C(O)C(F)(F)F)ccc(-c4nccs4)c3o2)CCN1O. The van der Waals surface area contributed by atoms with Crippen LogP contribution in [0.1, 0.15) is 25.0 Å². The lowest BCUT2D eigenvalue weighted by Crippen LogP contribution is -2.51. The molecule has 0 amide bonds. The number of oxazole rings is 1. The number of piperazine rings is 1. The van der Waals surface area contributed by atoms with Crippen LogP contribution < -0.4 is 4.90 Å². The number of fused-ring (bicyclic) bond motifs is 1. The zero-order chi connectivity index (χ0) is 20.8. The van der Waals surface area contributed by atoms with Gasteiger partial charge in [-0.15, -0.1) is 11.3 Å². The number of anilines is 1. The molecule has 3 heterocycles. The quantitative estimate of drug-likeness (QED) is 0.653. The van der Waals surface area contributed by atoms with Gasteiger partial charge in [-0.05, 0) is 12.5 Å². The van der Waals surface area contributed by atoms with Crippen molar-refractivity contribution in [2.75, 3.05) is 24.5 Å². The Kier molecular flexibility index (Phi) is 5.23. The smallest absolute Gasteiger partial charge is 0.418 e. The summed E-state index contributed by atoms with van der Waals surface area (Å²) in [5.74, 6) is 0. The van der Waals surface area contributed by atoms with E-state index < -0.39 is 12.3 Å². The van der Waals surface area contributed by atoms with Crippen LogP contribution in [0.3, 0.4) is 0 Å². The number of aliphatic hydroxyl groups excluding tert-OH is 1. The van der Waals surface area contributed by atoms with Gasteiger partial charge < -0.3 is 19.6 Å². The fourth-order valence-electron chi connectivity index (χ4n) is 3.43. The maximum atomic E-state index is 13.2. The van der Waals surface area contributed by atoms with Gasteiger partial charge in [-0.1, -0.05) is 13.0 Å². The number of hydrogen-bond donors (Lipinski definition) is 2. The molecular formula is C18H19F3N4O3S. The van der Waals surface area contributed by atoms with Crippen molar-refractivity contribution in [3.8, 4) is 10.6 Å². The van der Waals surface area contributed by atoms with Gasteiger partial charge in [0.15, 0.2) is 11.7 Å². The Morgan fingerprint density at radius 1 is 1.34 bits per heavy atom. The van der Waals surface area contributed by atoms with Crippen LogP contribution in [-0.4, -0.2) is 57.2 Å². The van der Waals surface area contributed by atoms with Gasteiger partial charge in [0.05, 0.1) is 11.6 Å². The highest BCUT2D eigenvalue weighted by molar-refractivity contribution is 7.13. The molecule has 7 nitrogen and oxygen atoms in total. The summed E-state index contributed by atoms with van der Waals surface area (Å²) in [6.45, 7) is 3.11. The van der Waals surface area contributed by atoms with Crippen molar-refractivity contribution in [1.29, 1.82) is 0 Å². The van der Waals surface area contributed by atoms with E-state index in [1.807, 2.05) is 6.92 Å². The summed E-state index contributed by atoms with van der Waals surface area (Å²) < 4.78 is 45.4. The molecule has 4 rings (SSSR count). The van der Waals surface area contributed by atoms with Crippen LogP contribution in [-0.2, 0) is 0 Å². The van der Waals surface area contributed by atoms with E-state index in [1.165, 1.54) is 28.5 Å². The van der Waals surface area contributed by atoms with Gasteiger partial charge in [0.2, 0.25) is 0 Å². The second kappa shape index (κ2) is 7.56. The van der Waals surface area contributed by atoms with Crippen LogP contribution in [0.15, 0.2) is 28.1 Å². The van der Waals surface area contributed by atoms with Gasteiger partial charge in [-0.3, -0.25) is 0 Å². The van der Waals surface area contributed by atoms with Gasteiger partial charge >= 0.3 is 6.18 Å². The summed E-state index contributed by atoms with van der Waals surface area (Å²) in [5, 5.41) is 23.4. The number of thiazole rings is 1. The molecule has 0 aliphatic carbocycles. The van der Waals surface area contributed by atoms with E-state index in [1.54, 1.807) is 16.5 Å². The molecule has 2 atom stereocenters. The first kappa shape index (κ1) is 20.1. The molecule has 2 N–H and O–H groups in total. The summed E-state index contributed by atoms with van der Waals surface area (Å²) in [6.07, 6.45) is -5.22. The Bertz CT molecular complexity index is 992. The van der Waals surface area contributed by atoms with Gasteiger partial charge in [-0.25, -0.2) is 4.98 Å². The summed E-state index contributed by atoms with van der Waals surface area (Å²) in [5.41, 5.74) is 0.252. The molecule has 0 saturated carbocycles. The summed E-state index contributed by atoms with van der Waals surface area (Å²) in [7, 11) is 0. The van der Waals surface area contributed by atoms with Gasteiger partial charge in [-0.2, -0.15) is 23.2 Å². The molecule has 3 aromatic rings. The zero-order valence-electron chi connectivity index (χ0n) is 15.4. The lowest BCUT2D eigenvalue weighted by molar-refractivity contribution is -0.206. The van der Waals surface area contributed by atoms with Gasteiger partial charge in [0.25, 0.3) is 6.01 Å². The number of alkyl halides is 3. The fourth-order valence-corrected chi connectivity index (χ4v) is 4.09. The maximum Gasteiger partial charge on any atom is 0.418 e. The molecule has 2 unspecified atom stereocenters. The van der Waals surface area contributed by atoms with E-state index in [2.05, 4.69) is 9.97 Å². The Labute approximate surface area is 168 Å². The highest BCUT2D eigenvalue weighted by Gasteiger charge is 2.41. The van der Waals surface area contributed by atoms with Crippen molar-refractivity contribution in [2.24, 2.45) is 0 Å². The van der Waals surface area contributed by atoms with E-state index in [9.17, 15) is 23.5 Å². The Hall–Kier alpha value is -2.21. The fraction of sp³-hybridized carbons (Fsp3) is 0.444. The normalized spacial score (nSPS) is 19.8. The minimum absolute atomic E-state index is 0.0444. The van der Waals surface area contributed by atoms with E-state index in [4.69, 9.17) is 4.42 Å². The van der Waals surface area contributed by atoms with E-state index in [0.29, 0.717) is 36.6 Å². The highest BCUT2D eigenvalue weighted by Crippen LogP contribution is 2.41. The molecular weight excluding hydrogens is 409 g/mol.